The zero-order valence-corrected chi connectivity index (χ0v) is 18.1. The number of halogens is 2. The van der Waals surface area contributed by atoms with Crippen LogP contribution in [0.2, 0.25) is 0 Å². The molecule has 0 aliphatic carbocycles. The van der Waals surface area contributed by atoms with Crippen LogP contribution < -0.4 is 10.5 Å². The summed E-state index contributed by atoms with van der Waals surface area (Å²) in [4.78, 5) is 0. The maximum atomic E-state index is 6.44. The van der Waals surface area contributed by atoms with E-state index in [0.29, 0.717) is 5.69 Å². The van der Waals surface area contributed by atoms with Gasteiger partial charge in [0, 0.05) is 25.8 Å². The molecule has 0 bridgehead atoms. The van der Waals surface area contributed by atoms with E-state index >= 15 is 0 Å². The van der Waals surface area contributed by atoms with Crippen LogP contribution in [0, 0.1) is 0 Å². The highest BCUT2D eigenvalue weighted by atomic mass is 79.9. The van der Waals surface area contributed by atoms with E-state index in [9.17, 15) is 0 Å². The highest BCUT2D eigenvalue weighted by molar-refractivity contribution is 9.10. The number of rotatable bonds is 4. The summed E-state index contributed by atoms with van der Waals surface area (Å²) in [5.41, 5.74) is 11.2. The number of ether oxygens (including phenoxy) is 1. The van der Waals surface area contributed by atoms with Gasteiger partial charge >= 0.3 is 0 Å². The minimum Gasteiger partial charge on any atom is -0.457 e. The molecule has 0 unspecified atom stereocenters. The summed E-state index contributed by atoms with van der Waals surface area (Å²) in [5.74, 6) is 1.55. The molecule has 4 heteroatoms. The number of hydrogen-bond acceptors (Lipinski definition) is 2. The predicted octanol–water partition coefficient (Wildman–Crippen LogP) is 7.92. The second-order valence-corrected chi connectivity index (χ2v) is 8.16. The number of anilines is 1. The van der Waals surface area contributed by atoms with Gasteiger partial charge in [0.15, 0.2) is 0 Å². The summed E-state index contributed by atoms with van der Waals surface area (Å²) < 4.78 is 8.31. The van der Waals surface area contributed by atoms with E-state index in [1.54, 1.807) is 0 Å². The SMILES string of the molecule is Nc1ccc(Oc2ccccc2)c(-c2ccc(Br)cc2)c1-c1ccc(Br)cc1. The standard InChI is InChI=1S/C24H17Br2NO/c25-18-10-6-16(7-11-18)23-21(27)14-15-22(28-20-4-2-1-3-5-20)24(23)17-8-12-19(26)13-9-17/h1-15H,27H2. The predicted molar refractivity (Wildman–Crippen MR) is 124 cm³/mol. The molecule has 28 heavy (non-hydrogen) atoms. The molecule has 0 aliphatic rings. The molecule has 0 amide bonds. The number of benzene rings is 4. The fourth-order valence-corrected chi connectivity index (χ4v) is 3.66. The van der Waals surface area contributed by atoms with Gasteiger partial charge in [-0.2, -0.15) is 0 Å². The van der Waals surface area contributed by atoms with Crippen molar-refractivity contribution < 1.29 is 4.74 Å². The lowest BCUT2D eigenvalue weighted by Gasteiger charge is -2.18. The highest BCUT2D eigenvalue weighted by Gasteiger charge is 2.17. The van der Waals surface area contributed by atoms with Gasteiger partial charge in [-0.1, -0.05) is 74.3 Å². The maximum absolute atomic E-state index is 6.44. The number of hydrogen-bond donors (Lipinski definition) is 1. The van der Waals surface area contributed by atoms with Gasteiger partial charge in [0.05, 0.1) is 0 Å². The summed E-state index contributed by atoms with van der Waals surface area (Å²) in [6.07, 6.45) is 0. The zero-order valence-electron chi connectivity index (χ0n) is 14.9. The van der Waals surface area contributed by atoms with Gasteiger partial charge in [-0.15, -0.1) is 0 Å². The van der Waals surface area contributed by atoms with Crippen molar-refractivity contribution in [3.8, 4) is 33.8 Å². The Morgan fingerprint density at radius 3 is 1.68 bits per heavy atom. The topological polar surface area (TPSA) is 35.2 Å². The van der Waals surface area contributed by atoms with Crippen LogP contribution in [-0.4, -0.2) is 0 Å². The first kappa shape index (κ1) is 18.8. The first-order valence-electron chi connectivity index (χ1n) is 8.79. The van der Waals surface area contributed by atoms with Crippen LogP contribution in [-0.2, 0) is 0 Å². The fourth-order valence-electron chi connectivity index (χ4n) is 3.13. The molecule has 2 N–H and O–H groups in total. The molecule has 2 nitrogen and oxygen atoms in total. The molecule has 0 aliphatic heterocycles. The number of nitrogen functional groups attached to an aromatic ring is 1. The van der Waals surface area contributed by atoms with Crippen molar-refractivity contribution in [2.75, 3.05) is 5.73 Å². The lowest BCUT2D eigenvalue weighted by Crippen LogP contribution is -1.97. The minimum atomic E-state index is 0.709. The third-order valence-electron chi connectivity index (χ3n) is 4.44. The first-order valence-corrected chi connectivity index (χ1v) is 10.4. The Morgan fingerprint density at radius 2 is 1.11 bits per heavy atom. The molecule has 0 saturated heterocycles. The van der Waals surface area contributed by atoms with E-state index in [1.165, 1.54) is 0 Å². The third kappa shape index (κ3) is 3.98. The Morgan fingerprint density at radius 1 is 0.571 bits per heavy atom. The summed E-state index contributed by atoms with van der Waals surface area (Å²) in [5, 5.41) is 0. The second-order valence-electron chi connectivity index (χ2n) is 6.33. The van der Waals surface area contributed by atoms with Crippen LogP contribution in [0.3, 0.4) is 0 Å². The van der Waals surface area contributed by atoms with E-state index in [4.69, 9.17) is 10.5 Å². The largest absolute Gasteiger partial charge is 0.457 e. The Hall–Kier alpha value is -2.56. The highest BCUT2D eigenvalue weighted by Crippen LogP contribution is 2.44. The average molecular weight is 495 g/mol. The van der Waals surface area contributed by atoms with Crippen molar-refractivity contribution in [1.29, 1.82) is 0 Å². The van der Waals surface area contributed by atoms with Gasteiger partial charge in [-0.05, 0) is 59.7 Å². The monoisotopic (exact) mass is 493 g/mol. The molecule has 4 rings (SSSR count). The summed E-state index contributed by atoms with van der Waals surface area (Å²) in [6.45, 7) is 0. The molecule has 0 fully saturated rings. The van der Waals surface area contributed by atoms with E-state index in [0.717, 1.165) is 42.7 Å². The quantitative estimate of drug-likeness (QED) is 0.292. The van der Waals surface area contributed by atoms with Crippen molar-refractivity contribution in [3.63, 3.8) is 0 Å². The minimum absolute atomic E-state index is 0.709. The zero-order chi connectivity index (χ0) is 19.5. The molecular weight excluding hydrogens is 478 g/mol. The van der Waals surface area contributed by atoms with Crippen molar-refractivity contribution >= 4 is 37.5 Å². The Balaban J connectivity index is 1.94. The Labute approximate surface area is 181 Å². The van der Waals surface area contributed by atoms with Gasteiger partial charge in [0.1, 0.15) is 11.5 Å². The van der Waals surface area contributed by atoms with Crippen LogP contribution in [0.15, 0.2) is 99.9 Å². The van der Waals surface area contributed by atoms with Crippen LogP contribution in [0.1, 0.15) is 0 Å². The summed E-state index contributed by atoms with van der Waals surface area (Å²) in [6, 6.07) is 30.0. The lowest BCUT2D eigenvalue weighted by molar-refractivity contribution is 0.485. The first-order chi connectivity index (χ1) is 13.6. The van der Waals surface area contributed by atoms with Gasteiger partial charge in [-0.25, -0.2) is 0 Å². The van der Waals surface area contributed by atoms with Gasteiger partial charge < -0.3 is 10.5 Å². The molecule has 4 aromatic carbocycles. The third-order valence-corrected chi connectivity index (χ3v) is 5.49. The average Bonchev–Trinajstić information content (AvgIpc) is 2.71. The molecule has 138 valence electrons. The molecule has 0 aromatic heterocycles. The molecule has 0 spiro atoms. The van der Waals surface area contributed by atoms with Crippen molar-refractivity contribution in [2.24, 2.45) is 0 Å². The van der Waals surface area contributed by atoms with Crippen LogP contribution in [0.25, 0.3) is 22.3 Å². The van der Waals surface area contributed by atoms with Gasteiger partial charge in [-0.3, -0.25) is 0 Å². The lowest BCUT2D eigenvalue weighted by atomic mass is 9.92. The molecule has 0 radical (unpaired) electrons. The maximum Gasteiger partial charge on any atom is 0.136 e. The normalized spacial score (nSPS) is 10.6. The molecular formula is C24H17Br2NO. The van der Waals surface area contributed by atoms with Crippen molar-refractivity contribution in [2.45, 2.75) is 0 Å². The van der Waals surface area contributed by atoms with Crippen LogP contribution in [0.4, 0.5) is 5.69 Å². The molecule has 4 aromatic rings. The molecule has 0 heterocycles. The van der Waals surface area contributed by atoms with Crippen LogP contribution >= 0.6 is 31.9 Å². The number of para-hydroxylation sites is 1. The van der Waals surface area contributed by atoms with E-state index in [1.807, 2.05) is 66.7 Å². The molecule has 0 atom stereocenters. The van der Waals surface area contributed by atoms with Crippen LogP contribution in [0.5, 0.6) is 11.5 Å². The van der Waals surface area contributed by atoms with Crippen molar-refractivity contribution in [1.82, 2.24) is 0 Å². The number of nitrogens with two attached hydrogens (primary N) is 1. The van der Waals surface area contributed by atoms with E-state index in [-0.39, 0.29) is 0 Å². The van der Waals surface area contributed by atoms with E-state index < -0.39 is 0 Å². The fraction of sp³-hybridized carbons (Fsp3) is 0. The summed E-state index contributed by atoms with van der Waals surface area (Å²) in [7, 11) is 0. The van der Waals surface area contributed by atoms with Gasteiger partial charge in [0.2, 0.25) is 0 Å². The van der Waals surface area contributed by atoms with Gasteiger partial charge in [0.25, 0.3) is 0 Å². The smallest absolute Gasteiger partial charge is 0.136 e. The second kappa shape index (κ2) is 8.21. The summed E-state index contributed by atoms with van der Waals surface area (Å²) >= 11 is 7.02. The van der Waals surface area contributed by atoms with Crippen molar-refractivity contribution in [3.05, 3.63) is 99.9 Å². The Kier molecular flexibility index (Phi) is 5.51. The van der Waals surface area contributed by atoms with E-state index in [2.05, 4.69) is 56.1 Å². The molecule has 0 saturated carbocycles. The Bertz CT molecular complexity index is 1090.